The molecule has 1 saturated carbocycles. The number of aromatic nitrogens is 2. The van der Waals surface area contributed by atoms with E-state index in [9.17, 15) is 0 Å². The maximum Gasteiger partial charge on any atom is 0.220 e. The van der Waals surface area contributed by atoms with Gasteiger partial charge in [0.25, 0.3) is 0 Å². The van der Waals surface area contributed by atoms with Gasteiger partial charge in [0.05, 0.1) is 0 Å². The number of rotatable bonds is 4. The zero-order valence-electron chi connectivity index (χ0n) is 10.9. The van der Waals surface area contributed by atoms with E-state index in [0.29, 0.717) is 12.5 Å². The molecule has 0 radical (unpaired) electrons. The molecule has 1 aliphatic carbocycles. The number of nitrogens with two attached hydrogens (primary N) is 1. The third-order valence-electron chi connectivity index (χ3n) is 3.88. The van der Waals surface area contributed by atoms with Crippen LogP contribution in [0.15, 0.2) is 4.42 Å². The monoisotopic (exact) mass is 237 g/mol. The van der Waals surface area contributed by atoms with E-state index >= 15 is 0 Å². The fourth-order valence-corrected chi connectivity index (χ4v) is 2.71. The Morgan fingerprint density at radius 1 is 1.35 bits per heavy atom. The van der Waals surface area contributed by atoms with E-state index in [4.69, 9.17) is 10.2 Å². The molecule has 0 aliphatic heterocycles. The predicted octanol–water partition coefficient (Wildman–Crippen LogP) is 2.64. The smallest absolute Gasteiger partial charge is 0.220 e. The van der Waals surface area contributed by atoms with Crippen molar-refractivity contribution in [1.82, 2.24) is 10.2 Å². The van der Waals surface area contributed by atoms with Crippen molar-refractivity contribution in [2.24, 2.45) is 11.1 Å². The van der Waals surface area contributed by atoms with Crippen LogP contribution in [0.5, 0.6) is 0 Å². The van der Waals surface area contributed by atoms with Crippen molar-refractivity contribution in [2.75, 3.05) is 6.54 Å². The number of hydrogen-bond donors (Lipinski definition) is 1. The van der Waals surface area contributed by atoms with E-state index in [2.05, 4.69) is 24.0 Å². The molecule has 2 N–H and O–H groups in total. The largest absolute Gasteiger partial charge is 0.425 e. The van der Waals surface area contributed by atoms with Crippen molar-refractivity contribution < 1.29 is 4.42 Å². The summed E-state index contributed by atoms with van der Waals surface area (Å²) in [4.78, 5) is 0. The molecule has 0 saturated heterocycles. The molecule has 1 heterocycles. The van der Waals surface area contributed by atoms with Crippen LogP contribution in [-0.2, 0) is 6.42 Å². The second-order valence-electron chi connectivity index (χ2n) is 5.71. The predicted molar refractivity (Wildman–Crippen MR) is 66.7 cm³/mol. The van der Waals surface area contributed by atoms with Gasteiger partial charge in [0, 0.05) is 12.3 Å². The van der Waals surface area contributed by atoms with Gasteiger partial charge in [-0.15, -0.1) is 10.2 Å². The third-order valence-corrected chi connectivity index (χ3v) is 3.88. The van der Waals surface area contributed by atoms with Gasteiger partial charge in [-0.2, -0.15) is 0 Å². The summed E-state index contributed by atoms with van der Waals surface area (Å²) in [6.45, 7) is 5.29. The highest BCUT2D eigenvalue weighted by molar-refractivity contribution is 5.01. The van der Waals surface area contributed by atoms with E-state index in [0.717, 1.165) is 24.6 Å². The topological polar surface area (TPSA) is 64.9 Å². The van der Waals surface area contributed by atoms with Gasteiger partial charge in [0.1, 0.15) is 0 Å². The average Bonchev–Trinajstić information content (AvgIpc) is 2.74. The van der Waals surface area contributed by atoms with Crippen LogP contribution in [0, 0.1) is 5.41 Å². The Morgan fingerprint density at radius 3 is 2.88 bits per heavy atom. The van der Waals surface area contributed by atoms with Crippen molar-refractivity contribution in [3.05, 3.63) is 11.8 Å². The van der Waals surface area contributed by atoms with Crippen molar-refractivity contribution in [3.63, 3.8) is 0 Å². The lowest BCUT2D eigenvalue weighted by atomic mass is 9.69. The minimum atomic E-state index is 0.288. The van der Waals surface area contributed by atoms with E-state index in [-0.39, 0.29) is 5.41 Å². The average molecular weight is 237 g/mol. The van der Waals surface area contributed by atoms with Crippen LogP contribution in [0.25, 0.3) is 0 Å². The molecule has 0 aromatic carbocycles. The van der Waals surface area contributed by atoms with E-state index in [1.165, 1.54) is 25.7 Å². The first-order valence-corrected chi connectivity index (χ1v) is 6.66. The fourth-order valence-electron chi connectivity index (χ4n) is 2.71. The quantitative estimate of drug-likeness (QED) is 0.874. The molecule has 1 unspecified atom stereocenters. The van der Waals surface area contributed by atoms with E-state index in [1.807, 2.05) is 0 Å². The Labute approximate surface area is 103 Å². The fraction of sp³-hybridized carbons (Fsp3) is 0.846. The first kappa shape index (κ1) is 12.6. The van der Waals surface area contributed by atoms with Gasteiger partial charge in [-0.05, 0) is 31.2 Å². The molecule has 4 heteroatoms. The molecule has 2 rings (SSSR count). The number of aryl methyl sites for hydroxylation is 1. The van der Waals surface area contributed by atoms with Gasteiger partial charge in [-0.25, -0.2) is 0 Å². The highest BCUT2D eigenvalue weighted by atomic mass is 16.4. The molecule has 17 heavy (non-hydrogen) atoms. The molecule has 96 valence electrons. The summed E-state index contributed by atoms with van der Waals surface area (Å²) in [5, 5.41) is 8.35. The third kappa shape index (κ3) is 2.86. The highest BCUT2D eigenvalue weighted by Crippen LogP contribution is 2.46. The van der Waals surface area contributed by atoms with Crippen molar-refractivity contribution in [2.45, 2.75) is 58.3 Å². The maximum absolute atomic E-state index is 5.78. The molecule has 1 aromatic heterocycles. The highest BCUT2D eigenvalue weighted by Gasteiger charge is 2.36. The molecular weight excluding hydrogens is 214 g/mol. The first-order chi connectivity index (χ1) is 8.13. The van der Waals surface area contributed by atoms with Crippen LogP contribution < -0.4 is 5.73 Å². The van der Waals surface area contributed by atoms with Crippen LogP contribution in [0.3, 0.4) is 0 Å². The van der Waals surface area contributed by atoms with Gasteiger partial charge >= 0.3 is 0 Å². The van der Waals surface area contributed by atoms with Crippen molar-refractivity contribution in [1.29, 1.82) is 0 Å². The molecule has 1 aromatic rings. The first-order valence-electron chi connectivity index (χ1n) is 6.66. The van der Waals surface area contributed by atoms with Crippen LogP contribution >= 0.6 is 0 Å². The van der Waals surface area contributed by atoms with E-state index in [1.54, 1.807) is 0 Å². The second kappa shape index (κ2) is 5.17. The molecular formula is C13H23N3O. The van der Waals surface area contributed by atoms with Gasteiger partial charge in [-0.3, -0.25) is 0 Å². The van der Waals surface area contributed by atoms with Gasteiger partial charge in [0.2, 0.25) is 11.8 Å². The molecule has 0 bridgehead atoms. The molecule has 1 aliphatic rings. The molecule has 1 atom stereocenters. The maximum atomic E-state index is 5.78. The lowest BCUT2D eigenvalue weighted by Crippen LogP contribution is -2.26. The normalized spacial score (nSPS) is 23.8. The Morgan fingerprint density at radius 2 is 2.18 bits per heavy atom. The molecule has 4 nitrogen and oxygen atoms in total. The van der Waals surface area contributed by atoms with Gasteiger partial charge in [0.15, 0.2) is 0 Å². The van der Waals surface area contributed by atoms with Crippen LogP contribution in [0.4, 0.5) is 0 Å². The minimum absolute atomic E-state index is 0.288. The lowest BCUT2D eigenvalue weighted by Gasteiger charge is -2.36. The van der Waals surface area contributed by atoms with E-state index < -0.39 is 0 Å². The van der Waals surface area contributed by atoms with Crippen molar-refractivity contribution in [3.8, 4) is 0 Å². The Hall–Kier alpha value is -0.900. The summed E-state index contributed by atoms with van der Waals surface area (Å²) in [5.74, 6) is 2.00. The summed E-state index contributed by atoms with van der Waals surface area (Å²) in [6.07, 6.45) is 6.72. The molecule has 0 spiro atoms. The Bertz CT molecular complexity index is 359. The van der Waals surface area contributed by atoms with Crippen LogP contribution in [-0.4, -0.2) is 16.7 Å². The van der Waals surface area contributed by atoms with Crippen LogP contribution in [0.1, 0.15) is 63.7 Å². The van der Waals surface area contributed by atoms with Crippen molar-refractivity contribution >= 4 is 0 Å². The summed E-state index contributed by atoms with van der Waals surface area (Å²) >= 11 is 0. The lowest BCUT2D eigenvalue weighted by molar-refractivity contribution is 0.171. The SMILES string of the molecule is CC1(C)CCCCC1c1nnc(CCCN)o1. The zero-order chi connectivity index (χ0) is 12.3. The molecule has 0 amide bonds. The number of nitrogens with zero attached hydrogens (tertiary/aromatic N) is 2. The summed E-state index contributed by atoms with van der Waals surface area (Å²) in [6, 6.07) is 0. The van der Waals surface area contributed by atoms with Gasteiger partial charge < -0.3 is 10.2 Å². The minimum Gasteiger partial charge on any atom is -0.425 e. The molecule has 1 fully saturated rings. The summed E-state index contributed by atoms with van der Waals surface area (Å²) in [5.41, 5.74) is 5.77. The Balaban J connectivity index is 2.07. The summed E-state index contributed by atoms with van der Waals surface area (Å²) in [7, 11) is 0. The zero-order valence-corrected chi connectivity index (χ0v) is 10.9. The second-order valence-corrected chi connectivity index (χ2v) is 5.71. The Kier molecular flexibility index (Phi) is 3.82. The number of hydrogen-bond acceptors (Lipinski definition) is 4. The standard InChI is InChI=1S/C13H23N3O/c1-13(2)8-4-3-6-10(13)12-16-15-11(17-12)7-5-9-14/h10H,3-9,14H2,1-2H3. The summed E-state index contributed by atoms with van der Waals surface area (Å²) < 4.78 is 5.78. The van der Waals surface area contributed by atoms with Gasteiger partial charge in [-0.1, -0.05) is 26.7 Å². The van der Waals surface area contributed by atoms with Crippen LogP contribution in [0.2, 0.25) is 0 Å².